The Morgan fingerprint density at radius 2 is 1.75 bits per heavy atom. The summed E-state index contributed by atoms with van der Waals surface area (Å²) in [5.74, 6) is 1.30. The summed E-state index contributed by atoms with van der Waals surface area (Å²) >= 11 is 6.03. The van der Waals surface area contributed by atoms with Crippen molar-refractivity contribution in [3.8, 4) is 0 Å². The van der Waals surface area contributed by atoms with Crippen LogP contribution >= 0.6 is 11.6 Å². The van der Waals surface area contributed by atoms with Gasteiger partial charge in [0.15, 0.2) is 0 Å². The number of hydrogen-bond donors (Lipinski definition) is 0. The van der Waals surface area contributed by atoms with Gasteiger partial charge in [-0.3, -0.25) is 4.79 Å². The fraction of sp³-hybridized carbons (Fsp3) is 0.286. The Morgan fingerprint density at radius 1 is 1.04 bits per heavy atom. The van der Waals surface area contributed by atoms with Gasteiger partial charge in [0.25, 0.3) is 0 Å². The molecule has 7 heteroatoms. The van der Waals surface area contributed by atoms with E-state index in [0.29, 0.717) is 43.6 Å². The van der Waals surface area contributed by atoms with Crippen molar-refractivity contribution in [2.45, 2.75) is 12.3 Å². The minimum Gasteiger partial charge on any atom is -0.469 e. The summed E-state index contributed by atoms with van der Waals surface area (Å²) in [6.07, 6.45) is 5.63. The number of anilines is 1. The number of amides is 1. The first kappa shape index (κ1) is 18.5. The maximum atomic E-state index is 13.4. The van der Waals surface area contributed by atoms with Gasteiger partial charge in [0.2, 0.25) is 11.9 Å². The average molecular weight is 397 g/mol. The highest BCUT2D eigenvalue weighted by Gasteiger charge is 2.30. The third-order valence-electron chi connectivity index (χ3n) is 4.98. The highest BCUT2D eigenvalue weighted by atomic mass is 35.5. The molecule has 1 fully saturated rings. The van der Waals surface area contributed by atoms with E-state index < -0.39 is 0 Å². The molecule has 3 aromatic rings. The lowest BCUT2D eigenvalue weighted by molar-refractivity contribution is -0.133. The molecule has 4 rings (SSSR count). The highest BCUT2D eigenvalue weighted by Crippen LogP contribution is 2.26. The fourth-order valence-corrected chi connectivity index (χ4v) is 3.60. The van der Waals surface area contributed by atoms with Crippen molar-refractivity contribution in [2.24, 2.45) is 0 Å². The maximum Gasteiger partial charge on any atom is 0.230 e. The van der Waals surface area contributed by atoms with Crippen LogP contribution in [0.15, 0.2) is 65.5 Å². The number of carbonyl (C=O) groups excluding carboxylic acids is 1. The molecule has 0 saturated carbocycles. The van der Waals surface area contributed by atoms with E-state index in [1.165, 1.54) is 0 Å². The Labute approximate surface area is 168 Å². The minimum atomic E-state index is -0.303. The van der Waals surface area contributed by atoms with Crippen molar-refractivity contribution >= 4 is 23.5 Å². The first-order valence-electron chi connectivity index (χ1n) is 9.29. The predicted molar refractivity (Wildman–Crippen MR) is 107 cm³/mol. The quantitative estimate of drug-likeness (QED) is 0.661. The van der Waals surface area contributed by atoms with Gasteiger partial charge in [0.1, 0.15) is 5.76 Å². The van der Waals surface area contributed by atoms with Crippen molar-refractivity contribution in [1.29, 1.82) is 0 Å². The van der Waals surface area contributed by atoms with Crippen LogP contribution in [-0.4, -0.2) is 47.0 Å². The van der Waals surface area contributed by atoms with Gasteiger partial charge >= 0.3 is 0 Å². The van der Waals surface area contributed by atoms with E-state index in [0.717, 1.165) is 11.3 Å². The van der Waals surface area contributed by atoms with Crippen LogP contribution in [0, 0.1) is 0 Å². The zero-order valence-electron chi connectivity index (χ0n) is 15.4. The monoisotopic (exact) mass is 396 g/mol. The summed E-state index contributed by atoms with van der Waals surface area (Å²) in [6, 6.07) is 13.0. The second kappa shape index (κ2) is 8.44. The molecule has 1 amide bonds. The highest BCUT2D eigenvalue weighted by molar-refractivity contribution is 6.30. The van der Waals surface area contributed by atoms with Crippen molar-refractivity contribution < 1.29 is 9.21 Å². The van der Waals surface area contributed by atoms with Crippen molar-refractivity contribution in [1.82, 2.24) is 14.9 Å². The standard InChI is InChI=1S/C21H21ClN4O2/c22-17-6-4-16(5-7-17)19(15-18-3-1-14-28-18)20(27)25-10-12-26(13-11-25)21-23-8-2-9-24-21/h1-9,14,19H,10-13,15H2. The molecule has 6 nitrogen and oxygen atoms in total. The normalized spacial score (nSPS) is 15.5. The van der Waals surface area contributed by atoms with E-state index in [9.17, 15) is 4.79 Å². The smallest absolute Gasteiger partial charge is 0.230 e. The number of halogens is 1. The molecule has 1 aliphatic heterocycles. The first-order chi connectivity index (χ1) is 13.7. The second-order valence-electron chi connectivity index (χ2n) is 6.75. The average Bonchev–Trinajstić information content (AvgIpc) is 3.26. The van der Waals surface area contributed by atoms with Crippen LogP contribution < -0.4 is 4.90 Å². The zero-order valence-corrected chi connectivity index (χ0v) is 16.1. The number of hydrogen-bond acceptors (Lipinski definition) is 5. The molecule has 0 spiro atoms. The van der Waals surface area contributed by atoms with Crippen LogP contribution in [0.3, 0.4) is 0 Å². The Balaban J connectivity index is 1.48. The molecule has 1 unspecified atom stereocenters. The van der Waals surface area contributed by atoms with Crippen LogP contribution in [0.2, 0.25) is 5.02 Å². The van der Waals surface area contributed by atoms with Gasteiger partial charge in [-0.2, -0.15) is 0 Å². The Morgan fingerprint density at radius 3 is 2.39 bits per heavy atom. The molecule has 0 radical (unpaired) electrons. The number of nitrogens with zero attached hydrogens (tertiary/aromatic N) is 4. The van der Waals surface area contributed by atoms with E-state index >= 15 is 0 Å². The summed E-state index contributed by atoms with van der Waals surface area (Å²) in [5.41, 5.74) is 0.944. The van der Waals surface area contributed by atoms with E-state index in [-0.39, 0.29) is 11.8 Å². The molecule has 0 aliphatic carbocycles. The molecule has 1 aliphatic rings. The van der Waals surface area contributed by atoms with E-state index in [4.69, 9.17) is 16.0 Å². The molecule has 2 aromatic heterocycles. The van der Waals surface area contributed by atoms with Gasteiger partial charge in [-0.15, -0.1) is 0 Å². The lowest BCUT2D eigenvalue weighted by atomic mass is 9.93. The Kier molecular flexibility index (Phi) is 5.58. The predicted octanol–water partition coefficient (Wildman–Crippen LogP) is 3.40. The van der Waals surface area contributed by atoms with Gasteiger partial charge in [0, 0.05) is 50.0 Å². The van der Waals surface area contributed by atoms with Crippen LogP contribution in [-0.2, 0) is 11.2 Å². The minimum absolute atomic E-state index is 0.104. The number of carbonyl (C=O) groups is 1. The maximum absolute atomic E-state index is 13.4. The Hall–Kier alpha value is -2.86. The van der Waals surface area contributed by atoms with E-state index in [1.807, 2.05) is 41.3 Å². The van der Waals surface area contributed by atoms with Gasteiger partial charge in [-0.25, -0.2) is 9.97 Å². The van der Waals surface area contributed by atoms with Gasteiger partial charge in [0.05, 0.1) is 12.2 Å². The second-order valence-corrected chi connectivity index (χ2v) is 7.19. The Bertz CT molecular complexity index is 892. The lowest BCUT2D eigenvalue weighted by Gasteiger charge is -2.36. The van der Waals surface area contributed by atoms with Crippen LogP contribution in [0.1, 0.15) is 17.2 Å². The summed E-state index contributed by atoms with van der Waals surface area (Å²) in [4.78, 5) is 26.0. The van der Waals surface area contributed by atoms with Crippen molar-refractivity contribution in [3.05, 3.63) is 77.5 Å². The van der Waals surface area contributed by atoms with Crippen LogP contribution in [0.5, 0.6) is 0 Å². The molecule has 1 saturated heterocycles. The summed E-state index contributed by atoms with van der Waals surface area (Å²) in [6.45, 7) is 2.70. The molecular formula is C21H21ClN4O2. The molecule has 1 atom stereocenters. The lowest BCUT2D eigenvalue weighted by Crippen LogP contribution is -2.50. The molecule has 28 heavy (non-hydrogen) atoms. The third kappa shape index (κ3) is 4.17. The third-order valence-corrected chi connectivity index (χ3v) is 5.23. The topological polar surface area (TPSA) is 62.5 Å². The summed E-state index contributed by atoms with van der Waals surface area (Å²) < 4.78 is 5.50. The van der Waals surface area contributed by atoms with Crippen molar-refractivity contribution in [2.75, 3.05) is 31.1 Å². The van der Waals surface area contributed by atoms with Crippen LogP contribution in [0.4, 0.5) is 5.95 Å². The fourth-order valence-electron chi connectivity index (χ4n) is 3.47. The summed E-state index contributed by atoms with van der Waals surface area (Å²) in [5, 5.41) is 0.657. The number of piperazine rings is 1. The molecule has 0 bridgehead atoms. The molecule has 0 N–H and O–H groups in total. The van der Waals surface area contributed by atoms with Gasteiger partial charge in [-0.05, 0) is 35.9 Å². The molecule has 1 aromatic carbocycles. The largest absolute Gasteiger partial charge is 0.469 e. The molecular weight excluding hydrogens is 376 g/mol. The number of rotatable bonds is 5. The van der Waals surface area contributed by atoms with Crippen LogP contribution in [0.25, 0.3) is 0 Å². The van der Waals surface area contributed by atoms with Gasteiger partial charge in [-0.1, -0.05) is 23.7 Å². The van der Waals surface area contributed by atoms with E-state index in [1.54, 1.807) is 24.7 Å². The SMILES string of the molecule is O=C(C(Cc1ccco1)c1ccc(Cl)cc1)N1CCN(c2ncccn2)CC1. The van der Waals surface area contributed by atoms with E-state index in [2.05, 4.69) is 14.9 Å². The zero-order chi connectivity index (χ0) is 19.3. The molecule has 3 heterocycles. The summed E-state index contributed by atoms with van der Waals surface area (Å²) in [7, 11) is 0. The first-order valence-corrected chi connectivity index (χ1v) is 9.67. The number of furan rings is 1. The number of benzene rings is 1. The molecule has 144 valence electrons. The number of aromatic nitrogens is 2. The van der Waals surface area contributed by atoms with Gasteiger partial charge < -0.3 is 14.2 Å². The van der Waals surface area contributed by atoms with Crippen molar-refractivity contribution in [3.63, 3.8) is 0 Å².